The number of hydrogen-bond acceptors (Lipinski definition) is 5. The van der Waals surface area contributed by atoms with Gasteiger partial charge in [-0.15, -0.1) is 11.3 Å². The van der Waals surface area contributed by atoms with Crippen molar-refractivity contribution < 1.29 is 13.2 Å². The molecule has 0 saturated carbocycles. The number of carbonyl (C=O) groups is 1. The number of thiophene rings is 1. The molecule has 0 spiro atoms. The van der Waals surface area contributed by atoms with Crippen LogP contribution in [0.25, 0.3) is 0 Å². The maximum absolute atomic E-state index is 12.2. The minimum atomic E-state index is -3.56. The van der Waals surface area contributed by atoms with Crippen LogP contribution in [0.5, 0.6) is 0 Å². The lowest BCUT2D eigenvalue weighted by atomic mass is 10.1. The summed E-state index contributed by atoms with van der Waals surface area (Å²) in [6.07, 6.45) is 1.80. The molecule has 1 aliphatic heterocycles. The number of nitrogens with two attached hydrogens (primary N) is 1. The van der Waals surface area contributed by atoms with Crippen molar-refractivity contribution in [3.63, 3.8) is 0 Å². The lowest BCUT2D eigenvalue weighted by molar-refractivity contribution is 0.100. The molecule has 19 heavy (non-hydrogen) atoms. The maximum atomic E-state index is 12.2. The summed E-state index contributed by atoms with van der Waals surface area (Å²) in [6, 6.07) is 1.24. The second kappa shape index (κ2) is 5.58. The standard InChI is InChI=1S/C11H17N3O3S2/c1-14-4-2-3-9(6-14)13-19(16,17)10-5-8(7-18-10)11(12)15/h5,7,9,13H,2-4,6H2,1H3,(H2,12,15). The molecule has 6 nitrogen and oxygen atoms in total. The fraction of sp³-hybridized carbons (Fsp3) is 0.545. The molecule has 2 heterocycles. The molecule has 106 valence electrons. The third-order valence-corrected chi connectivity index (χ3v) is 6.03. The van der Waals surface area contributed by atoms with Crippen molar-refractivity contribution in [1.82, 2.24) is 9.62 Å². The van der Waals surface area contributed by atoms with E-state index < -0.39 is 15.9 Å². The average Bonchev–Trinajstić information content (AvgIpc) is 2.78. The van der Waals surface area contributed by atoms with E-state index >= 15 is 0 Å². The third-order valence-electron chi connectivity index (χ3n) is 3.07. The van der Waals surface area contributed by atoms with Gasteiger partial charge in [0.25, 0.3) is 0 Å². The van der Waals surface area contributed by atoms with Crippen molar-refractivity contribution in [2.75, 3.05) is 20.1 Å². The molecule has 1 unspecified atom stereocenters. The van der Waals surface area contributed by atoms with Crippen molar-refractivity contribution in [2.45, 2.75) is 23.1 Å². The van der Waals surface area contributed by atoms with Crippen molar-refractivity contribution >= 4 is 27.3 Å². The smallest absolute Gasteiger partial charge is 0.250 e. The van der Waals surface area contributed by atoms with Crippen LogP contribution in [0.15, 0.2) is 15.7 Å². The summed E-state index contributed by atoms with van der Waals surface area (Å²) >= 11 is 1.01. The molecule has 1 atom stereocenters. The molecule has 1 saturated heterocycles. The Bertz CT molecular complexity index is 567. The zero-order chi connectivity index (χ0) is 14.0. The van der Waals surface area contributed by atoms with Crippen LogP contribution < -0.4 is 10.5 Å². The number of sulfonamides is 1. The number of amides is 1. The Balaban J connectivity index is 2.10. The predicted molar refractivity (Wildman–Crippen MR) is 73.7 cm³/mol. The number of primary amides is 1. The van der Waals surface area contributed by atoms with E-state index in [0.29, 0.717) is 6.54 Å². The minimum Gasteiger partial charge on any atom is -0.366 e. The Hall–Kier alpha value is -0.960. The molecule has 1 fully saturated rings. The van der Waals surface area contributed by atoms with Crippen LogP contribution in [0.2, 0.25) is 0 Å². The second-order valence-electron chi connectivity index (χ2n) is 4.74. The highest BCUT2D eigenvalue weighted by Crippen LogP contribution is 2.21. The fourth-order valence-electron chi connectivity index (χ4n) is 2.13. The molecular weight excluding hydrogens is 286 g/mol. The Morgan fingerprint density at radius 2 is 2.32 bits per heavy atom. The highest BCUT2D eigenvalue weighted by Gasteiger charge is 2.25. The van der Waals surface area contributed by atoms with Gasteiger partial charge in [-0.3, -0.25) is 4.79 Å². The molecule has 1 aromatic heterocycles. The molecule has 1 aromatic rings. The normalized spacial score (nSPS) is 21.4. The van der Waals surface area contributed by atoms with E-state index in [1.165, 1.54) is 11.4 Å². The summed E-state index contributed by atoms with van der Waals surface area (Å²) in [6.45, 7) is 1.69. The van der Waals surface area contributed by atoms with Crippen molar-refractivity contribution in [3.8, 4) is 0 Å². The van der Waals surface area contributed by atoms with Crippen LogP contribution in [0.4, 0.5) is 0 Å². The summed E-state index contributed by atoms with van der Waals surface area (Å²) in [5.41, 5.74) is 5.35. The quantitative estimate of drug-likeness (QED) is 0.832. The van der Waals surface area contributed by atoms with Gasteiger partial charge in [0.05, 0.1) is 5.56 Å². The highest BCUT2D eigenvalue weighted by atomic mass is 32.2. The zero-order valence-electron chi connectivity index (χ0n) is 10.6. The number of likely N-dealkylation sites (N-methyl/N-ethyl adjacent to an activating group) is 1. The molecule has 8 heteroatoms. The zero-order valence-corrected chi connectivity index (χ0v) is 12.3. The number of nitrogens with zero attached hydrogens (tertiary/aromatic N) is 1. The molecule has 2 rings (SSSR count). The van der Waals surface area contributed by atoms with E-state index in [0.717, 1.165) is 30.7 Å². The first-order chi connectivity index (χ1) is 8.88. The first-order valence-electron chi connectivity index (χ1n) is 5.98. The van der Waals surface area contributed by atoms with Crippen LogP contribution in [-0.2, 0) is 10.0 Å². The van der Waals surface area contributed by atoms with Crippen molar-refractivity contribution in [1.29, 1.82) is 0 Å². The van der Waals surface area contributed by atoms with Gasteiger partial charge in [-0.05, 0) is 32.5 Å². The van der Waals surface area contributed by atoms with E-state index in [1.807, 2.05) is 7.05 Å². The monoisotopic (exact) mass is 303 g/mol. The first-order valence-corrected chi connectivity index (χ1v) is 8.34. The van der Waals surface area contributed by atoms with Gasteiger partial charge in [0.1, 0.15) is 4.21 Å². The van der Waals surface area contributed by atoms with Crippen LogP contribution >= 0.6 is 11.3 Å². The summed E-state index contributed by atoms with van der Waals surface area (Å²) in [7, 11) is -1.59. The molecule has 3 N–H and O–H groups in total. The number of likely N-dealkylation sites (tertiary alicyclic amines) is 1. The van der Waals surface area contributed by atoms with Gasteiger partial charge < -0.3 is 10.6 Å². The van der Waals surface area contributed by atoms with Gasteiger partial charge in [-0.1, -0.05) is 0 Å². The van der Waals surface area contributed by atoms with E-state index in [9.17, 15) is 13.2 Å². The third kappa shape index (κ3) is 3.53. The fourth-order valence-corrected chi connectivity index (χ4v) is 4.57. The molecular formula is C11H17N3O3S2. The van der Waals surface area contributed by atoms with E-state index in [2.05, 4.69) is 9.62 Å². The first kappa shape index (κ1) is 14.4. The number of hydrogen-bond donors (Lipinski definition) is 2. The van der Waals surface area contributed by atoms with Crippen LogP contribution in [0.1, 0.15) is 23.2 Å². The number of nitrogens with one attached hydrogen (secondary N) is 1. The molecule has 0 radical (unpaired) electrons. The Labute approximate surface area is 116 Å². The lowest BCUT2D eigenvalue weighted by Crippen LogP contribution is -2.46. The summed E-state index contributed by atoms with van der Waals surface area (Å²) in [5, 5.41) is 1.46. The van der Waals surface area contributed by atoms with Crippen molar-refractivity contribution in [2.24, 2.45) is 5.73 Å². The SMILES string of the molecule is CN1CCCC(NS(=O)(=O)c2cc(C(N)=O)cs2)C1. The Morgan fingerprint density at radius 3 is 2.89 bits per heavy atom. The molecule has 1 amide bonds. The highest BCUT2D eigenvalue weighted by molar-refractivity contribution is 7.91. The molecule has 0 aromatic carbocycles. The van der Waals surface area contributed by atoms with Gasteiger partial charge in [-0.25, -0.2) is 13.1 Å². The number of rotatable bonds is 4. The largest absolute Gasteiger partial charge is 0.366 e. The van der Waals surface area contributed by atoms with Gasteiger partial charge in [0.2, 0.25) is 15.9 Å². The molecule has 0 bridgehead atoms. The average molecular weight is 303 g/mol. The predicted octanol–water partition coefficient (Wildman–Crippen LogP) is 0.219. The van der Waals surface area contributed by atoms with Crippen LogP contribution in [-0.4, -0.2) is 45.4 Å². The lowest BCUT2D eigenvalue weighted by Gasteiger charge is -2.29. The van der Waals surface area contributed by atoms with E-state index in [4.69, 9.17) is 5.73 Å². The van der Waals surface area contributed by atoms with Crippen molar-refractivity contribution in [3.05, 3.63) is 17.0 Å². The summed E-state index contributed by atoms with van der Waals surface area (Å²) in [4.78, 5) is 13.1. The topological polar surface area (TPSA) is 92.5 Å². The Morgan fingerprint density at radius 1 is 1.58 bits per heavy atom. The molecule has 1 aliphatic rings. The van der Waals surface area contributed by atoms with E-state index in [-0.39, 0.29) is 15.8 Å². The van der Waals surface area contributed by atoms with Gasteiger partial charge in [0, 0.05) is 18.0 Å². The van der Waals surface area contributed by atoms with Gasteiger partial charge in [0.15, 0.2) is 0 Å². The van der Waals surface area contributed by atoms with Gasteiger partial charge in [-0.2, -0.15) is 0 Å². The number of piperidine rings is 1. The molecule has 0 aliphatic carbocycles. The number of carbonyl (C=O) groups excluding carboxylic acids is 1. The van der Waals surface area contributed by atoms with Crippen LogP contribution in [0, 0.1) is 0 Å². The summed E-state index contributed by atoms with van der Waals surface area (Å²) in [5.74, 6) is -0.616. The van der Waals surface area contributed by atoms with Gasteiger partial charge >= 0.3 is 0 Å². The second-order valence-corrected chi connectivity index (χ2v) is 7.59. The minimum absolute atomic E-state index is 0.0807. The van der Waals surface area contributed by atoms with E-state index in [1.54, 1.807) is 0 Å². The maximum Gasteiger partial charge on any atom is 0.250 e. The van der Waals surface area contributed by atoms with Crippen LogP contribution in [0.3, 0.4) is 0 Å². The summed E-state index contributed by atoms with van der Waals surface area (Å²) < 4.78 is 27.2. The Kier molecular flexibility index (Phi) is 4.24.